The van der Waals surface area contributed by atoms with Crippen LogP contribution in [0, 0.1) is 0 Å². The van der Waals surface area contributed by atoms with Gasteiger partial charge in [0.05, 0.1) is 0 Å². The Balaban J connectivity index is 1.84. The van der Waals surface area contributed by atoms with Gasteiger partial charge < -0.3 is 10.5 Å². The Morgan fingerprint density at radius 2 is 2.10 bits per heavy atom. The van der Waals surface area contributed by atoms with Crippen LogP contribution >= 0.6 is 11.3 Å². The first kappa shape index (κ1) is 13.5. The number of rotatable bonds is 5. The van der Waals surface area contributed by atoms with Crippen molar-refractivity contribution >= 4 is 22.2 Å². The van der Waals surface area contributed by atoms with E-state index in [4.69, 9.17) is 10.5 Å². The van der Waals surface area contributed by atoms with Gasteiger partial charge in [0.2, 0.25) is 4.96 Å². The molecule has 3 rings (SSSR count). The maximum absolute atomic E-state index is 10.7. The Kier molecular flexibility index (Phi) is 3.53. The molecule has 0 fully saturated rings. The number of hydrogen-bond donors (Lipinski definition) is 1. The summed E-state index contributed by atoms with van der Waals surface area (Å²) in [4.78, 5) is 11.4. The lowest BCUT2D eigenvalue weighted by Crippen LogP contribution is -2.19. The highest BCUT2D eigenvalue weighted by Gasteiger charge is 2.11. The molecule has 1 aromatic carbocycles. The molecule has 2 heterocycles. The van der Waals surface area contributed by atoms with E-state index in [9.17, 15) is 4.79 Å². The third-order valence-corrected chi connectivity index (χ3v) is 3.80. The Labute approximate surface area is 124 Å². The topological polar surface area (TPSA) is 95.4 Å². The number of nitrogens with zero attached hydrogens (tertiary/aromatic N) is 4. The molecule has 0 aliphatic heterocycles. The van der Waals surface area contributed by atoms with Gasteiger partial charge in [0.15, 0.2) is 12.4 Å². The Hall–Kier alpha value is -2.48. The van der Waals surface area contributed by atoms with Crippen molar-refractivity contribution in [3.8, 4) is 16.3 Å². The average Bonchev–Trinajstić information content (AvgIpc) is 3.05. The smallest absolute Gasteiger partial charge is 0.255 e. The number of ether oxygens (including phenoxy) is 1. The highest BCUT2D eigenvalue weighted by molar-refractivity contribution is 7.19. The fourth-order valence-electron chi connectivity index (χ4n) is 1.84. The normalized spacial score (nSPS) is 10.9. The van der Waals surface area contributed by atoms with Crippen LogP contribution in [0.15, 0.2) is 24.3 Å². The van der Waals surface area contributed by atoms with E-state index in [-0.39, 0.29) is 6.61 Å². The van der Waals surface area contributed by atoms with E-state index in [0.717, 1.165) is 27.8 Å². The number of benzene rings is 1. The minimum absolute atomic E-state index is 0.129. The standard InChI is InChI=1S/C13H13N5O2S/c1-2-11-15-16-13-18(11)17-12(21-13)8-3-5-9(6-4-8)20-7-10(14)19/h3-6H,2,7H2,1H3,(H2,14,19). The van der Waals surface area contributed by atoms with Crippen molar-refractivity contribution in [1.29, 1.82) is 0 Å². The molecule has 1 amide bonds. The van der Waals surface area contributed by atoms with Gasteiger partial charge in [-0.1, -0.05) is 18.3 Å². The van der Waals surface area contributed by atoms with Gasteiger partial charge in [0.1, 0.15) is 10.8 Å². The predicted octanol–water partition coefficient (Wildman–Crippen LogP) is 1.28. The fourth-order valence-corrected chi connectivity index (χ4v) is 2.71. The van der Waals surface area contributed by atoms with Crippen molar-refractivity contribution in [3.63, 3.8) is 0 Å². The fraction of sp³-hybridized carbons (Fsp3) is 0.231. The number of fused-ring (bicyclic) bond motifs is 1. The summed E-state index contributed by atoms with van der Waals surface area (Å²) >= 11 is 1.47. The first-order chi connectivity index (χ1) is 10.2. The Bertz CT molecular complexity index is 778. The maximum Gasteiger partial charge on any atom is 0.255 e. The zero-order valence-electron chi connectivity index (χ0n) is 11.3. The van der Waals surface area contributed by atoms with Crippen LogP contribution in [0.4, 0.5) is 0 Å². The quantitative estimate of drug-likeness (QED) is 0.766. The van der Waals surface area contributed by atoms with E-state index in [2.05, 4.69) is 15.3 Å². The van der Waals surface area contributed by atoms with E-state index in [1.165, 1.54) is 11.3 Å². The predicted molar refractivity (Wildman–Crippen MR) is 78.2 cm³/mol. The van der Waals surface area contributed by atoms with Crippen LogP contribution in [0.1, 0.15) is 12.7 Å². The van der Waals surface area contributed by atoms with E-state index in [1.807, 2.05) is 19.1 Å². The largest absolute Gasteiger partial charge is 0.484 e. The molecular weight excluding hydrogens is 290 g/mol. The van der Waals surface area contributed by atoms with Gasteiger partial charge in [-0.3, -0.25) is 4.79 Å². The minimum atomic E-state index is -0.500. The summed E-state index contributed by atoms with van der Waals surface area (Å²) in [6.45, 7) is 1.89. The summed E-state index contributed by atoms with van der Waals surface area (Å²) in [6.07, 6.45) is 0.782. The lowest BCUT2D eigenvalue weighted by molar-refractivity contribution is -0.119. The summed E-state index contributed by atoms with van der Waals surface area (Å²) in [5.41, 5.74) is 5.99. The van der Waals surface area contributed by atoms with Crippen LogP contribution in [0.2, 0.25) is 0 Å². The molecule has 0 saturated heterocycles. The molecule has 0 aliphatic rings. The SMILES string of the molecule is CCc1nnc2sc(-c3ccc(OCC(N)=O)cc3)nn12. The molecule has 0 unspecified atom stereocenters. The summed E-state index contributed by atoms with van der Waals surface area (Å²) in [5.74, 6) is 0.934. The number of aryl methyl sites for hydroxylation is 1. The van der Waals surface area contributed by atoms with Crippen LogP contribution < -0.4 is 10.5 Å². The van der Waals surface area contributed by atoms with Crippen molar-refractivity contribution in [2.75, 3.05) is 6.61 Å². The minimum Gasteiger partial charge on any atom is -0.484 e. The molecule has 3 aromatic rings. The van der Waals surface area contributed by atoms with Crippen molar-refractivity contribution in [3.05, 3.63) is 30.1 Å². The van der Waals surface area contributed by atoms with Crippen LogP contribution in [0.3, 0.4) is 0 Å². The first-order valence-corrected chi connectivity index (χ1v) is 7.21. The highest BCUT2D eigenvalue weighted by Crippen LogP contribution is 2.27. The third kappa shape index (κ3) is 2.70. The van der Waals surface area contributed by atoms with Crippen molar-refractivity contribution in [2.45, 2.75) is 13.3 Å². The number of amides is 1. The molecule has 0 atom stereocenters. The molecule has 0 spiro atoms. The second-order valence-corrected chi connectivity index (χ2v) is 5.31. The number of carbonyl (C=O) groups excluding carboxylic acids is 1. The Morgan fingerprint density at radius 3 is 2.76 bits per heavy atom. The van der Waals surface area contributed by atoms with Gasteiger partial charge >= 0.3 is 0 Å². The molecule has 7 nitrogen and oxygen atoms in total. The van der Waals surface area contributed by atoms with Crippen molar-refractivity contribution in [1.82, 2.24) is 19.8 Å². The second-order valence-electron chi connectivity index (χ2n) is 4.35. The average molecular weight is 303 g/mol. The van der Waals surface area contributed by atoms with E-state index >= 15 is 0 Å². The third-order valence-electron chi connectivity index (χ3n) is 2.85. The molecule has 2 N–H and O–H groups in total. The van der Waals surface area contributed by atoms with Gasteiger partial charge in [0, 0.05) is 12.0 Å². The molecule has 0 radical (unpaired) electrons. The number of primary amides is 1. The molecule has 108 valence electrons. The first-order valence-electron chi connectivity index (χ1n) is 6.40. The van der Waals surface area contributed by atoms with Crippen LogP contribution in [0.25, 0.3) is 15.5 Å². The Morgan fingerprint density at radius 1 is 1.33 bits per heavy atom. The van der Waals surface area contributed by atoms with Crippen LogP contribution in [0.5, 0.6) is 5.75 Å². The van der Waals surface area contributed by atoms with Gasteiger partial charge in [0.25, 0.3) is 5.91 Å². The number of aromatic nitrogens is 4. The van der Waals surface area contributed by atoms with Crippen LogP contribution in [-0.4, -0.2) is 32.3 Å². The zero-order valence-corrected chi connectivity index (χ0v) is 12.1. The summed E-state index contributed by atoms with van der Waals surface area (Å²) in [7, 11) is 0. The van der Waals surface area contributed by atoms with Crippen molar-refractivity contribution < 1.29 is 9.53 Å². The second kappa shape index (κ2) is 5.49. The summed E-state index contributed by atoms with van der Waals surface area (Å²) in [6, 6.07) is 7.32. The van der Waals surface area contributed by atoms with Gasteiger partial charge in [-0.05, 0) is 24.3 Å². The molecule has 8 heteroatoms. The van der Waals surface area contributed by atoms with Gasteiger partial charge in [-0.25, -0.2) is 0 Å². The molecule has 2 aromatic heterocycles. The highest BCUT2D eigenvalue weighted by atomic mass is 32.1. The molecule has 0 aliphatic carbocycles. The monoisotopic (exact) mass is 303 g/mol. The van der Waals surface area contributed by atoms with E-state index in [0.29, 0.717) is 5.75 Å². The van der Waals surface area contributed by atoms with E-state index < -0.39 is 5.91 Å². The molecular formula is C13H13N5O2S. The lowest BCUT2D eigenvalue weighted by atomic mass is 10.2. The molecule has 0 saturated carbocycles. The van der Waals surface area contributed by atoms with Gasteiger partial charge in [-0.15, -0.1) is 10.2 Å². The number of carbonyl (C=O) groups is 1. The summed E-state index contributed by atoms with van der Waals surface area (Å²) in [5, 5.41) is 13.5. The van der Waals surface area contributed by atoms with Crippen LogP contribution in [-0.2, 0) is 11.2 Å². The molecule has 0 bridgehead atoms. The summed E-state index contributed by atoms with van der Waals surface area (Å²) < 4.78 is 6.98. The lowest BCUT2D eigenvalue weighted by Gasteiger charge is -2.03. The van der Waals surface area contributed by atoms with E-state index in [1.54, 1.807) is 16.6 Å². The number of hydrogen-bond acceptors (Lipinski definition) is 6. The van der Waals surface area contributed by atoms with Crippen molar-refractivity contribution in [2.24, 2.45) is 5.73 Å². The maximum atomic E-state index is 10.7. The molecule has 21 heavy (non-hydrogen) atoms. The van der Waals surface area contributed by atoms with Gasteiger partial charge in [-0.2, -0.15) is 9.61 Å². The zero-order chi connectivity index (χ0) is 14.8. The number of nitrogens with two attached hydrogens (primary N) is 1.